The van der Waals surface area contributed by atoms with E-state index in [1.807, 2.05) is 85.1 Å². The summed E-state index contributed by atoms with van der Waals surface area (Å²) in [4.78, 5) is 13.8. The van der Waals surface area contributed by atoms with Crippen molar-refractivity contribution in [3.05, 3.63) is 107 Å². The van der Waals surface area contributed by atoms with Gasteiger partial charge in [-0.2, -0.15) is 0 Å². The van der Waals surface area contributed by atoms with Gasteiger partial charge in [0.05, 0.1) is 12.6 Å². The molecule has 164 valence electrons. The lowest BCUT2D eigenvalue weighted by Crippen LogP contribution is -2.30. The minimum absolute atomic E-state index is 0.0691. The van der Waals surface area contributed by atoms with Gasteiger partial charge in [0.1, 0.15) is 0 Å². The number of hydrogen-bond acceptors (Lipinski definition) is 3. The van der Waals surface area contributed by atoms with Crippen LogP contribution in [-0.2, 0) is 17.7 Å². The molecule has 1 aromatic heterocycles. The van der Waals surface area contributed by atoms with Gasteiger partial charge in [-0.1, -0.05) is 72.3 Å². The number of benzene rings is 3. The van der Waals surface area contributed by atoms with Gasteiger partial charge in [0.15, 0.2) is 5.78 Å². The Morgan fingerprint density at radius 3 is 2.47 bits per heavy atom. The van der Waals surface area contributed by atoms with E-state index < -0.39 is 6.04 Å². The zero-order valence-corrected chi connectivity index (χ0v) is 18.9. The van der Waals surface area contributed by atoms with Crippen molar-refractivity contribution in [3.63, 3.8) is 0 Å². The Hall–Kier alpha value is -2.92. The number of carbonyl (C=O) groups excluding carboxylic acids is 1. The Labute approximate surface area is 193 Å². The summed E-state index contributed by atoms with van der Waals surface area (Å²) in [6.45, 7) is 1.97. The molecule has 1 heterocycles. The summed E-state index contributed by atoms with van der Waals surface area (Å²) in [6, 6.07) is 25.4. The van der Waals surface area contributed by atoms with Gasteiger partial charge in [0.25, 0.3) is 0 Å². The van der Waals surface area contributed by atoms with Crippen LogP contribution < -0.4 is 5.32 Å². The van der Waals surface area contributed by atoms with E-state index in [2.05, 4.69) is 9.88 Å². The average molecular weight is 447 g/mol. The second-order valence-corrected chi connectivity index (χ2v) is 8.22. The number of ketones is 1. The minimum Gasteiger partial charge on any atom is -0.383 e. The van der Waals surface area contributed by atoms with E-state index >= 15 is 0 Å². The second-order valence-electron chi connectivity index (χ2n) is 7.78. The third-order valence-corrected chi connectivity index (χ3v) is 5.91. The first-order valence-corrected chi connectivity index (χ1v) is 11.2. The van der Waals surface area contributed by atoms with Crippen LogP contribution in [0.2, 0.25) is 5.02 Å². The van der Waals surface area contributed by atoms with E-state index in [9.17, 15) is 4.79 Å². The van der Waals surface area contributed by atoms with Crippen molar-refractivity contribution in [2.75, 3.05) is 20.3 Å². The van der Waals surface area contributed by atoms with Crippen LogP contribution in [0.4, 0.5) is 0 Å². The number of rotatable bonds is 10. The Kier molecular flexibility index (Phi) is 7.38. The summed E-state index contributed by atoms with van der Waals surface area (Å²) in [5.41, 5.74) is 3.91. The zero-order valence-electron chi connectivity index (χ0n) is 18.1. The first kappa shape index (κ1) is 22.3. The molecule has 0 saturated heterocycles. The molecule has 0 spiro atoms. The number of ether oxygens (including phenoxy) is 1. The maximum atomic E-state index is 13.8. The molecule has 5 heteroatoms. The van der Waals surface area contributed by atoms with Gasteiger partial charge in [-0.15, -0.1) is 0 Å². The molecule has 1 atom stereocenters. The summed E-state index contributed by atoms with van der Waals surface area (Å²) in [7, 11) is 1.69. The fraction of sp³-hybridized carbons (Fsp3) is 0.222. The van der Waals surface area contributed by atoms with Crippen LogP contribution in [0.15, 0.2) is 85.1 Å². The highest BCUT2D eigenvalue weighted by molar-refractivity contribution is 6.30. The number of carbonyl (C=O) groups is 1. The van der Waals surface area contributed by atoms with Gasteiger partial charge in [0.2, 0.25) is 0 Å². The number of nitrogens with zero attached hydrogens (tertiary/aromatic N) is 1. The zero-order chi connectivity index (χ0) is 22.3. The van der Waals surface area contributed by atoms with Crippen LogP contribution in [-0.4, -0.2) is 30.6 Å². The lowest BCUT2D eigenvalue weighted by Gasteiger charge is -2.18. The highest BCUT2D eigenvalue weighted by Crippen LogP contribution is 2.27. The number of hydrogen-bond donors (Lipinski definition) is 1. The van der Waals surface area contributed by atoms with Crippen LogP contribution in [0.25, 0.3) is 10.9 Å². The monoisotopic (exact) mass is 446 g/mol. The van der Waals surface area contributed by atoms with Gasteiger partial charge in [-0.3, -0.25) is 4.79 Å². The number of aromatic nitrogens is 1. The SMILES string of the molecule is COCCn1cc(C(=O)[C@@H](NCCc2ccc(Cl)cc2)c2ccccc2)c2ccccc21. The van der Waals surface area contributed by atoms with E-state index in [0.29, 0.717) is 19.7 Å². The lowest BCUT2D eigenvalue weighted by atomic mass is 9.96. The van der Waals surface area contributed by atoms with Crippen LogP contribution in [0.3, 0.4) is 0 Å². The molecule has 0 unspecified atom stereocenters. The summed E-state index contributed by atoms with van der Waals surface area (Å²) in [5.74, 6) is 0.0691. The highest BCUT2D eigenvalue weighted by Gasteiger charge is 2.25. The van der Waals surface area contributed by atoms with Crippen LogP contribution >= 0.6 is 11.6 Å². The molecule has 4 nitrogen and oxygen atoms in total. The molecule has 0 aliphatic carbocycles. The molecule has 0 aliphatic rings. The summed E-state index contributed by atoms with van der Waals surface area (Å²) >= 11 is 6.00. The molecule has 32 heavy (non-hydrogen) atoms. The molecular weight excluding hydrogens is 420 g/mol. The van der Waals surface area contributed by atoms with E-state index in [1.165, 1.54) is 5.56 Å². The van der Waals surface area contributed by atoms with E-state index in [1.54, 1.807) is 7.11 Å². The number of fused-ring (bicyclic) bond motifs is 1. The maximum Gasteiger partial charge on any atom is 0.186 e. The fourth-order valence-electron chi connectivity index (χ4n) is 3.99. The van der Waals surface area contributed by atoms with Crippen molar-refractivity contribution in [1.29, 1.82) is 0 Å². The van der Waals surface area contributed by atoms with Gasteiger partial charge in [0, 0.05) is 47.9 Å². The highest BCUT2D eigenvalue weighted by atomic mass is 35.5. The number of nitrogens with one attached hydrogen (secondary N) is 1. The predicted molar refractivity (Wildman–Crippen MR) is 130 cm³/mol. The van der Waals surface area contributed by atoms with Crippen LogP contribution in [0.1, 0.15) is 27.5 Å². The van der Waals surface area contributed by atoms with Gasteiger partial charge < -0.3 is 14.6 Å². The van der Waals surface area contributed by atoms with E-state index in [4.69, 9.17) is 16.3 Å². The molecule has 0 amide bonds. The molecule has 1 N–H and O–H groups in total. The number of halogens is 1. The maximum absolute atomic E-state index is 13.8. The van der Waals surface area contributed by atoms with Crippen molar-refractivity contribution < 1.29 is 9.53 Å². The van der Waals surface area contributed by atoms with Gasteiger partial charge >= 0.3 is 0 Å². The van der Waals surface area contributed by atoms with Gasteiger partial charge in [-0.05, 0) is 35.7 Å². The minimum atomic E-state index is -0.426. The molecule has 4 rings (SSSR count). The van der Waals surface area contributed by atoms with Crippen molar-refractivity contribution in [3.8, 4) is 0 Å². The molecule has 0 fully saturated rings. The van der Waals surface area contributed by atoms with Crippen LogP contribution in [0.5, 0.6) is 0 Å². The summed E-state index contributed by atoms with van der Waals surface area (Å²) in [6.07, 6.45) is 2.77. The first-order valence-electron chi connectivity index (χ1n) is 10.8. The van der Waals surface area contributed by atoms with Gasteiger partial charge in [-0.25, -0.2) is 0 Å². The van der Waals surface area contributed by atoms with Crippen molar-refractivity contribution in [2.24, 2.45) is 0 Å². The molecular formula is C27H27ClN2O2. The average Bonchev–Trinajstić information content (AvgIpc) is 3.20. The number of Topliss-reactive ketones (excluding diaryl/α,β-unsaturated/α-hetero) is 1. The normalized spacial score (nSPS) is 12.2. The Morgan fingerprint density at radius 1 is 1.00 bits per heavy atom. The Morgan fingerprint density at radius 2 is 1.72 bits per heavy atom. The number of methoxy groups -OCH3 is 1. The standard InChI is InChI=1S/C27H27ClN2O2/c1-32-18-17-30-19-24(23-9-5-6-10-25(23)30)27(31)26(21-7-3-2-4-8-21)29-16-15-20-11-13-22(28)14-12-20/h2-14,19,26,29H,15-18H2,1H3/t26-/m0/s1. The predicted octanol–water partition coefficient (Wildman–Crippen LogP) is 5.70. The van der Waals surface area contributed by atoms with Crippen LogP contribution in [0, 0.1) is 0 Å². The largest absolute Gasteiger partial charge is 0.383 e. The van der Waals surface area contributed by atoms with Crippen molar-refractivity contribution in [2.45, 2.75) is 19.0 Å². The smallest absolute Gasteiger partial charge is 0.186 e. The Bertz CT molecular complexity index is 1170. The Balaban J connectivity index is 1.61. The molecule has 3 aromatic carbocycles. The molecule has 0 saturated carbocycles. The third kappa shape index (κ3) is 5.10. The summed E-state index contributed by atoms with van der Waals surface area (Å²) < 4.78 is 7.36. The third-order valence-electron chi connectivity index (χ3n) is 5.66. The second kappa shape index (κ2) is 10.6. The molecule has 0 radical (unpaired) electrons. The molecule has 0 aliphatic heterocycles. The number of para-hydroxylation sites is 1. The summed E-state index contributed by atoms with van der Waals surface area (Å²) in [5, 5.41) is 5.19. The van der Waals surface area contributed by atoms with E-state index in [0.717, 1.165) is 33.5 Å². The quantitative estimate of drug-likeness (QED) is 0.318. The molecule has 4 aromatic rings. The molecule has 0 bridgehead atoms. The first-order chi connectivity index (χ1) is 15.7. The van der Waals surface area contributed by atoms with Crippen molar-refractivity contribution >= 4 is 28.3 Å². The topological polar surface area (TPSA) is 43.3 Å². The van der Waals surface area contributed by atoms with E-state index in [-0.39, 0.29) is 5.78 Å². The van der Waals surface area contributed by atoms with Crippen molar-refractivity contribution in [1.82, 2.24) is 9.88 Å². The lowest BCUT2D eigenvalue weighted by molar-refractivity contribution is 0.0944. The fourth-order valence-corrected chi connectivity index (χ4v) is 4.12.